The third kappa shape index (κ3) is 6.20. The molecule has 2 rings (SSSR count). The van der Waals surface area contributed by atoms with Gasteiger partial charge in [0.1, 0.15) is 0 Å². The molecular weight excluding hydrogens is 314 g/mol. The minimum atomic E-state index is -0.317. The van der Waals surface area contributed by atoms with Crippen LogP contribution in [-0.4, -0.2) is 29.9 Å². The molecule has 1 heterocycles. The molecule has 1 aliphatic heterocycles. The molecule has 0 bridgehead atoms. The molecule has 2 amide bonds. The average Bonchev–Trinajstić information content (AvgIpc) is 2.90. The number of amides is 2. The van der Waals surface area contributed by atoms with Gasteiger partial charge in [0, 0.05) is 18.0 Å². The summed E-state index contributed by atoms with van der Waals surface area (Å²) in [6.45, 7) is 6.76. The van der Waals surface area contributed by atoms with Crippen LogP contribution in [0.15, 0.2) is 24.3 Å². The monoisotopic (exact) mass is 339 g/mol. The van der Waals surface area contributed by atoms with Crippen LogP contribution in [0.5, 0.6) is 0 Å². The minimum absolute atomic E-state index is 0. The van der Waals surface area contributed by atoms with Gasteiger partial charge in [0.15, 0.2) is 0 Å². The summed E-state index contributed by atoms with van der Waals surface area (Å²) in [6.07, 6.45) is 2.58. The Morgan fingerprint density at radius 2 is 1.96 bits per heavy atom. The first-order valence-electron chi connectivity index (χ1n) is 7.80. The fourth-order valence-corrected chi connectivity index (χ4v) is 2.55. The molecule has 6 heteroatoms. The van der Waals surface area contributed by atoms with E-state index in [1.807, 2.05) is 26.8 Å². The number of carbonyl (C=O) groups excluding carboxylic acids is 2. The highest BCUT2D eigenvalue weighted by molar-refractivity contribution is 6.04. The number of anilines is 1. The van der Waals surface area contributed by atoms with Crippen LogP contribution in [0.2, 0.25) is 0 Å². The van der Waals surface area contributed by atoms with Crippen molar-refractivity contribution >= 4 is 29.9 Å². The third-order valence-corrected chi connectivity index (χ3v) is 3.53. The van der Waals surface area contributed by atoms with Crippen molar-refractivity contribution in [2.45, 2.75) is 51.6 Å². The Hall–Kier alpha value is -1.59. The lowest BCUT2D eigenvalue weighted by Gasteiger charge is -2.21. The molecule has 23 heavy (non-hydrogen) atoms. The van der Waals surface area contributed by atoms with E-state index in [0.717, 1.165) is 19.4 Å². The van der Waals surface area contributed by atoms with E-state index >= 15 is 0 Å². The summed E-state index contributed by atoms with van der Waals surface area (Å²) in [5.74, 6) is -0.238. The molecule has 0 saturated carbocycles. The van der Waals surface area contributed by atoms with Crippen LogP contribution in [0.25, 0.3) is 0 Å². The normalized spacial score (nSPS) is 17.3. The molecule has 0 aromatic heterocycles. The van der Waals surface area contributed by atoms with Crippen molar-refractivity contribution in [2.75, 3.05) is 11.9 Å². The van der Waals surface area contributed by atoms with Crippen molar-refractivity contribution in [3.05, 3.63) is 29.8 Å². The quantitative estimate of drug-likeness (QED) is 0.790. The van der Waals surface area contributed by atoms with Crippen molar-refractivity contribution in [3.8, 4) is 0 Å². The maximum Gasteiger partial charge on any atom is 0.253 e. The van der Waals surface area contributed by atoms with Crippen molar-refractivity contribution in [3.63, 3.8) is 0 Å². The van der Waals surface area contributed by atoms with Crippen molar-refractivity contribution in [1.29, 1.82) is 0 Å². The molecule has 1 aliphatic rings. The Morgan fingerprint density at radius 3 is 2.57 bits per heavy atom. The van der Waals surface area contributed by atoms with Gasteiger partial charge < -0.3 is 16.0 Å². The molecule has 1 atom stereocenters. The van der Waals surface area contributed by atoms with Crippen LogP contribution in [0, 0.1) is 0 Å². The molecule has 1 saturated heterocycles. The van der Waals surface area contributed by atoms with Gasteiger partial charge in [-0.2, -0.15) is 0 Å². The maximum atomic E-state index is 12.3. The summed E-state index contributed by atoms with van der Waals surface area (Å²) in [5.41, 5.74) is 0.736. The predicted molar refractivity (Wildman–Crippen MR) is 95.2 cm³/mol. The first-order chi connectivity index (χ1) is 10.3. The molecule has 3 N–H and O–H groups in total. The number of rotatable bonds is 4. The number of benzene rings is 1. The molecule has 0 spiro atoms. The summed E-state index contributed by atoms with van der Waals surface area (Å²) in [6, 6.07) is 7.35. The van der Waals surface area contributed by atoms with Gasteiger partial charge >= 0.3 is 0 Å². The zero-order valence-corrected chi connectivity index (χ0v) is 14.8. The van der Waals surface area contributed by atoms with Gasteiger partial charge in [-0.25, -0.2) is 0 Å². The van der Waals surface area contributed by atoms with E-state index in [-0.39, 0.29) is 35.8 Å². The molecule has 1 unspecified atom stereocenters. The Morgan fingerprint density at radius 1 is 1.26 bits per heavy atom. The standard InChI is InChI=1S/C17H25N3O2.ClH/c1-17(2,3)20-16(22)13-8-4-5-9-14(13)19-15(21)11-12-7-6-10-18-12;/h4-5,8-9,12,18H,6-7,10-11H2,1-3H3,(H,19,21)(H,20,22);1H. The van der Waals surface area contributed by atoms with Crippen molar-refractivity contribution in [2.24, 2.45) is 0 Å². The number of hydrogen-bond donors (Lipinski definition) is 3. The second-order valence-corrected chi connectivity index (χ2v) is 6.80. The first-order valence-corrected chi connectivity index (χ1v) is 7.80. The van der Waals surface area contributed by atoms with Gasteiger partial charge in [0.25, 0.3) is 5.91 Å². The predicted octanol–water partition coefficient (Wildman–Crippen LogP) is 2.72. The lowest BCUT2D eigenvalue weighted by Crippen LogP contribution is -2.41. The van der Waals surface area contributed by atoms with Gasteiger partial charge in [0.05, 0.1) is 11.3 Å². The molecule has 0 radical (unpaired) electrons. The van der Waals surface area contributed by atoms with Crippen molar-refractivity contribution in [1.82, 2.24) is 10.6 Å². The number of nitrogens with one attached hydrogen (secondary N) is 3. The van der Waals surface area contributed by atoms with E-state index in [0.29, 0.717) is 17.7 Å². The molecule has 1 aromatic rings. The third-order valence-electron chi connectivity index (χ3n) is 3.53. The highest BCUT2D eigenvalue weighted by atomic mass is 35.5. The highest BCUT2D eigenvalue weighted by Crippen LogP contribution is 2.17. The Labute approximate surface area is 144 Å². The summed E-state index contributed by atoms with van der Waals surface area (Å²) in [4.78, 5) is 24.5. The van der Waals surface area contributed by atoms with Gasteiger partial charge in [-0.1, -0.05) is 12.1 Å². The number of para-hydroxylation sites is 1. The minimum Gasteiger partial charge on any atom is -0.347 e. The number of hydrogen-bond acceptors (Lipinski definition) is 3. The zero-order chi connectivity index (χ0) is 16.2. The maximum absolute atomic E-state index is 12.3. The van der Waals surface area contributed by atoms with Gasteiger partial charge in [-0.15, -0.1) is 12.4 Å². The summed E-state index contributed by atoms with van der Waals surface area (Å²) < 4.78 is 0. The van der Waals surface area contributed by atoms with E-state index in [9.17, 15) is 9.59 Å². The van der Waals surface area contributed by atoms with Gasteiger partial charge in [0.2, 0.25) is 5.91 Å². The van der Waals surface area contributed by atoms with Gasteiger partial charge in [-0.05, 0) is 52.3 Å². The molecule has 5 nitrogen and oxygen atoms in total. The smallest absolute Gasteiger partial charge is 0.253 e. The SMILES string of the molecule is CC(C)(C)NC(=O)c1ccccc1NC(=O)CC1CCCN1.Cl. The van der Waals surface area contributed by atoms with Gasteiger partial charge in [-0.3, -0.25) is 9.59 Å². The van der Waals surface area contributed by atoms with Crippen LogP contribution in [0.4, 0.5) is 5.69 Å². The second kappa shape index (κ2) is 8.31. The lowest BCUT2D eigenvalue weighted by molar-refractivity contribution is -0.116. The summed E-state index contributed by atoms with van der Waals surface area (Å²) in [7, 11) is 0. The van der Waals surface area contributed by atoms with E-state index in [4.69, 9.17) is 0 Å². The molecule has 0 aliphatic carbocycles. The fraction of sp³-hybridized carbons (Fsp3) is 0.529. The Balaban J connectivity index is 0.00000264. The van der Waals surface area contributed by atoms with Crippen LogP contribution in [0.3, 0.4) is 0 Å². The highest BCUT2D eigenvalue weighted by Gasteiger charge is 2.21. The zero-order valence-electron chi connectivity index (χ0n) is 13.9. The van der Waals surface area contributed by atoms with Crippen LogP contribution in [-0.2, 0) is 4.79 Å². The van der Waals surface area contributed by atoms with E-state index in [2.05, 4.69) is 16.0 Å². The Kier molecular flexibility index (Phi) is 7.03. The lowest BCUT2D eigenvalue weighted by atomic mass is 10.1. The average molecular weight is 340 g/mol. The van der Waals surface area contributed by atoms with E-state index in [1.54, 1.807) is 18.2 Å². The van der Waals surface area contributed by atoms with Crippen LogP contribution < -0.4 is 16.0 Å². The molecule has 1 fully saturated rings. The van der Waals surface area contributed by atoms with Crippen LogP contribution >= 0.6 is 12.4 Å². The molecule has 128 valence electrons. The fourth-order valence-electron chi connectivity index (χ4n) is 2.55. The summed E-state index contributed by atoms with van der Waals surface area (Å²) in [5, 5.41) is 9.09. The van der Waals surface area contributed by atoms with Crippen molar-refractivity contribution < 1.29 is 9.59 Å². The Bertz CT molecular complexity index is 549. The number of carbonyl (C=O) groups is 2. The molecular formula is C17H26ClN3O2. The molecule has 1 aromatic carbocycles. The largest absolute Gasteiger partial charge is 0.347 e. The topological polar surface area (TPSA) is 70.2 Å². The van der Waals surface area contributed by atoms with E-state index < -0.39 is 0 Å². The second-order valence-electron chi connectivity index (χ2n) is 6.80. The number of halogens is 1. The summed E-state index contributed by atoms with van der Waals surface area (Å²) >= 11 is 0. The van der Waals surface area contributed by atoms with E-state index in [1.165, 1.54) is 0 Å². The van der Waals surface area contributed by atoms with Crippen LogP contribution in [0.1, 0.15) is 50.4 Å². The first kappa shape index (κ1) is 19.5.